The molecule has 54 valence electrons. The van der Waals surface area contributed by atoms with E-state index in [4.69, 9.17) is 17.3 Å². The zero-order valence-electron chi connectivity index (χ0n) is 5.37. The molecule has 0 unspecified atom stereocenters. The van der Waals surface area contributed by atoms with Gasteiger partial charge in [0.25, 0.3) is 0 Å². The van der Waals surface area contributed by atoms with Crippen molar-refractivity contribution in [3.63, 3.8) is 0 Å². The Hall–Kier alpha value is -0.740. The van der Waals surface area contributed by atoms with Gasteiger partial charge in [-0.15, -0.1) is 0 Å². The average Bonchev–Trinajstić information content (AvgIpc) is 1.88. The molecule has 1 rings (SSSR count). The number of aromatic amines is 1. The van der Waals surface area contributed by atoms with Gasteiger partial charge < -0.3 is 10.1 Å². The van der Waals surface area contributed by atoms with Gasteiger partial charge in [0.1, 0.15) is 10.5 Å². The number of aromatic nitrogens is 2. The standard InChI is InChI=1S/C6H8N2OS/c9-4-2-5-7-3-1-6(10)8-5/h1,3,9H,2,4H2,(H,7,8,10). The predicted molar refractivity (Wildman–Crippen MR) is 40.2 cm³/mol. The van der Waals surface area contributed by atoms with Gasteiger partial charge in [-0.2, -0.15) is 0 Å². The minimum atomic E-state index is 0.0995. The van der Waals surface area contributed by atoms with E-state index in [9.17, 15) is 0 Å². The summed E-state index contributed by atoms with van der Waals surface area (Å²) in [5.41, 5.74) is 0. The molecule has 0 aromatic carbocycles. The van der Waals surface area contributed by atoms with Gasteiger partial charge in [0.05, 0.1) is 6.61 Å². The number of hydrogen-bond donors (Lipinski definition) is 2. The average molecular weight is 156 g/mol. The third kappa shape index (κ3) is 1.89. The molecule has 2 N–H and O–H groups in total. The third-order valence-electron chi connectivity index (χ3n) is 1.07. The molecule has 0 aliphatic rings. The monoisotopic (exact) mass is 156 g/mol. The number of aliphatic hydroxyl groups is 1. The quantitative estimate of drug-likeness (QED) is 0.619. The van der Waals surface area contributed by atoms with Gasteiger partial charge in [-0.25, -0.2) is 4.98 Å². The van der Waals surface area contributed by atoms with E-state index >= 15 is 0 Å². The van der Waals surface area contributed by atoms with E-state index in [1.165, 1.54) is 0 Å². The Balaban J connectivity index is 2.85. The Labute approximate surface area is 63.8 Å². The maximum absolute atomic E-state index is 8.52. The Morgan fingerprint density at radius 1 is 1.70 bits per heavy atom. The number of nitrogens with zero attached hydrogens (tertiary/aromatic N) is 1. The van der Waals surface area contributed by atoms with Crippen molar-refractivity contribution in [2.45, 2.75) is 6.42 Å². The van der Waals surface area contributed by atoms with Crippen molar-refractivity contribution < 1.29 is 5.11 Å². The van der Waals surface area contributed by atoms with Crippen LogP contribution in [0.3, 0.4) is 0 Å². The Bertz CT molecular complexity index is 258. The van der Waals surface area contributed by atoms with E-state index in [0.717, 1.165) is 5.82 Å². The summed E-state index contributed by atoms with van der Waals surface area (Å²) in [4.78, 5) is 6.80. The zero-order valence-corrected chi connectivity index (χ0v) is 6.19. The van der Waals surface area contributed by atoms with E-state index in [1.807, 2.05) is 0 Å². The highest BCUT2D eigenvalue weighted by atomic mass is 32.1. The lowest BCUT2D eigenvalue weighted by molar-refractivity contribution is 0.296. The van der Waals surface area contributed by atoms with Crippen LogP contribution in [0.25, 0.3) is 0 Å². The van der Waals surface area contributed by atoms with Crippen LogP contribution in [0, 0.1) is 4.64 Å². The fraction of sp³-hybridized carbons (Fsp3) is 0.333. The number of rotatable bonds is 2. The largest absolute Gasteiger partial charge is 0.396 e. The van der Waals surface area contributed by atoms with E-state index in [2.05, 4.69) is 9.97 Å². The van der Waals surface area contributed by atoms with Crippen LogP contribution in [0.15, 0.2) is 12.3 Å². The summed E-state index contributed by atoms with van der Waals surface area (Å²) in [5, 5.41) is 8.52. The number of aliphatic hydroxyl groups excluding tert-OH is 1. The Kier molecular flexibility index (Phi) is 2.53. The van der Waals surface area contributed by atoms with Crippen molar-refractivity contribution in [2.24, 2.45) is 0 Å². The van der Waals surface area contributed by atoms with E-state index in [0.29, 0.717) is 11.1 Å². The first-order chi connectivity index (χ1) is 4.83. The van der Waals surface area contributed by atoms with Crippen LogP contribution in [-0.4, -0.2) is 21.7 Å². The van der Waals surface area contributed by atoms with Crippen molar-refractivity contribution >= 4 is 12.2 Å². The summed E-state index contributed by atoms with van der Waals surface area (Å²) < 4.78 is 0.651. The summed E-state index contributed by atoms with van der Waals surface area (Å²) in [6.07, 6.45) is 2.16. The molecule has 4 heteroatoms. The van der Waals surface area contributed by atoms with Crippen LogP contribution in [-0.2, 0) is 6.42 Å². The van der Waals surface area contributed by atoms with Gasteiger partial charge in [0.2, 0.25) is 0 Å². The summed E-state index contributed by atoms with van der Waals surface area (Å²) in [6.45, 7) is 0.0995. The fourth-order valence-corrected chi connectivity index (χ4v) is 0.823. The minimum absolute atomic E-state index is 0.0995. The van der Waals surface area contributed by atoms with Crippen molar-refractivity contribution in [2.75, 3.05) is 6.61 Å². The summed E-state index contributed by atoms with van der Waals surface area (Å²) in [5.74, 6) is 0.731. The van der Waals surface area contributed by atoms with E-state index in [1.54, 1.807) is 12.3 Å². The Morgan fingerprint density at radius 2 is 2.50 bits per heavy atom. The molecule has 1 aromatic rings. The molecule has 0 atom stereocenters. The van der Waals surface area contributed by atoms with Crippen molar-refractivity contribution in [3.8, 4) is 0 Å². The van der Waals surface area contributed by atoms with Gasteiger partial charge in [0, 0.05) is 12.6 Å². The molecule has 0 aliphatic heterocycles. The SMILES string of the molecule is OCCc1nccc(=S)[nH]1. The number of H-pyrrole nitrogens is 1. The molecule has 0 aliphatic carbocycles. The van der Waals surface area contributed by atoms with Crippen molar-refractivity contribution in [1.29, 1.82) is 0 Å². The van der Waals surface area contributed by atoms with Crippen LogP contribution >= 0.6 is 12.2 Å². The lowest BCUT2D eigenvalue weighted by atomic mass is 10.4. The first kappa shape index (κ1) is 7.37. The van der Waals surface area contributed by atoms with Crippen LogP contribution in [0.2, 0.25) is 0 Å². The molecule has 3 nitrogen and oxygen atoms in total. The van der Waals surface area contributed by atoms with Crippen LogP contribution in [0.4, 0.5) is 0 Å². The first-order valence-electron chi connectivity index (χ1n) is 2.98. The second-order valence-corrected chi connectivity index (χ2v) is 2.29. The first-order valence-corrected chi connectivity index (χ1v) is 3.39. The molecule has 10 heavy (non-hydrogen) atoms. The maximum Gasteiger partial charge on any atom is 0.109 e. The molecule has 0 fully saturated rings. The normalized spacial score (nSPS) is 9.70. The van der Waals surface area contributed by atoms with Gasteiger partial charge in [0.15, 0.2) is 0 Å². The van der Waals surface area contributed by atoms with Crippen LogP contribution in [0.1, 0.15) is 5.82 Å². The number of hydrogen-bond acceptors (Lipinski definition) is 3. The minimum Gasteiger partial charge on any atom is -0.396 e. The van der Waals surface area contributed by atoms with Crippen LogP contribution < -0.4 is 0 Å². The molecule has 0 bridgehead atoms. The van der Waals surface area contributed by atoms with Crippen molar-refractivity contribution in [1.82, 2.24) is 9.97 Å². The second kappa shape index (κ2) is 3.43. The highest BCUT2D eigenvalue weighted by Gasteiger charge is 1.89. The molecule has 0 amide bonds. The highest BCUT2D eigenvalue weighted by molar-refractivity contribution is 7.71. The molecular weight excluding hydrogens is 148 g/mol. The fourth-order valence-electron chi connectivity index (χ4n) is 0.644. The molecule has 0 saturated carbocycles. The summed E-state index contributed by atoms with van der Waals surface area (Å²) >= 11 is 4.84. The zero-order chi connectivity index (χ0) is 7.40. The lowest BCUT2D eigenvalue weighted by Crippen LogP contribution is -1.97. The summed E-state index contributed by atoms with van der Waals surface area (Å²) in [7, 11) is 0. The molecular formula is C6H8N2OS. The number of nitrogens with one attached hydrogen (secondary N) is 1. The maximum atomic E-state index is 8.52. The molecule has 0 spiro atoms. The predicted octanol–water partition coefficient (Wildman–Crippen LogP) is 0.674. The molecule has 0 saturated heterocycles. The highest BCUT2D eigenvalue weighted by Crippen LogP contribution is 1.89. The van der Waals surface area contributed by atoms with E-state index < -0.39 is 0 Å². The van der Waals surface area contributed by atoms with Crippen LogP contribution in [0.5, 0.6) is 0 Å². The molecule has 1 aromatic heterocycles. The van der Waals surface area contributed by atoms with Gasteiger partial charge in [-0.1, -0.05) is 12.2 Å². The van der Waals surface area contributed by atoms with Crippen molar-refractivity contribution in [3.05, 3.63) is 22.7 Å². The molecule has 1 heterocycles. The van der Waals surface area contributed by atoms with Gasteiger partial charge in [-0.05, 0) is 6.07 Å². The van der Waals surface area contributed by atoms with Gasteiger partial charge >= 0.3 is 0 Å². The second-order valence-electron chi connectivity index (χ2n) is 1.85. The van der Waals surface area contributed by atoms with E-state index in [-0.39, 0.29) is 6.61 Å². The molecule has 0 radical (unpaired) electrons. The smallest absolute Gasteiger partial charge is 0.109 e. The van der Waals surface area contributed by atoms with Gasteiger partial charge in [-0.3, -0.25) is 0 Å². The topological polar surface area (TPSA) is 48.9 Å². The Morgan fingerprint density at radius 3 is 3.10 bits per heavy atom. The lowest BCUT2D eigenvalue weighted by Gasteiger charge is -1.94. The third-order valence-corrected chi connectivity index (χ3v) is 1.31. The summed E-state index contributed by atoms with van der Waals surface area (Å²) in [6, 6.07) is 1.70.